The summed E-state index contributed by atoms with van der Waals surface area (Å²) in [7, 11) is 0. The minimum atomic E-state index is -4.92. The van der Waals surface area contributed by atoms with Crippen LogP contribution in [0.25, 0.3) is 0 Å². The molecule has 0 aromatic heterocycles. The third kappa shape index (κ3) is 6.31. The van der Waals surface area contributed by atoms with Crippen LogP contribution in [0.4, 0.5) is 28.4 Å². The van der Waals surface area contributed by atoms with Crippen LogP contribution in [-0.4, -0.2) is 54.9 Å². The summed E-state index contributed by atoms with van der Waals surface area (Å²) >= 11 is 5.98. The Morgan fingerprint density at radius 2 is 1.62 bits per heavy atom. The van der Waals surface area contributed by atoms with Crippen LogP contribution in [-0.2, 0) is 14.3 Å². The monoisotopic (exact) mass is 541 g/mol. The second-order valence-corrected chi connectivity index (χ2v) is 8.36. The van der Waals surface area contributed by atoms with Crippen molar-refractivity contribution in [2.75, 3.05) is 24.7 Å². The molecule has 0 saturated heterocycles. The second kappa shape index (κ2) is 11.1. The zero-order chi connectivity index (χ0) is 27.4. The highest BCUT2D eigenvalue weighted by atomic mass is 35.5. The molecule has 0 fully saturated rings. The van der Waals surface area contributed by atoms with E-state index < -0.39 is 35.6 Å². The fraction of sp³-hybridized carbons (Fsp3) is 0.333. The van der Waals surface area contributed by atoms with E-state index in [9.17, 15) is 27.6 Å². The number of alkyl halides is 3. The molecule has 1 aliphatic heterocycles. The van der Waals surface area contributed by atoms with Gasteiger partial charge in [0.2, 0.25) is 0 Å². The summed E-state index contributed by atoms with van der Waals surface area (Å²) in [6, 6.07) is 9.47. The third-order valence-corrected chi connectivity index (χ3v) is 5.50. The van der Waals surface area contributed by atoms with Crippen molar-refractivity contribution in [2.24, 2.45) is 10.5 Å². The zero-order valence-electron chi connectivity index (χ0n) is 20.0. The highest BCUT2D eigenvalue weighted by molar-refractivity contribution is 6.30. The smallest absolute Gasteiger partial charge is 0.465 e. The van der Waals surface area contributed by atoms with E-state index in [0.29, 0.717) is 15.5 Å². The van der Waals surface area contributed by atoms with E-state index in [2.05, 4.69) is 9.84 Å². The van der Waals surface area contributed by atoms with Gasteiger partial charge in [-0.3, -0.25) is 4.79 Å². The van der Waals surface area contributed by atoms with Gasteiger partial charge < -0.3 is 14.2 Å². The molecule has 1 atom stereocenters. The maximum Gasteiger partial charge on any atom is 0.573 e. The number of hydrazone groups is 1. The van der Waals surface area contributed by atoms with Crippen LogP contribution in [0, 0.1) is 5.41 Å². The summed E-state index contributed by atoms with van der Waals surface area (Å²) < 4.78 is 51.6. The summed E-state index contributed by atoms with van der Waals surface area (Å²) in [5.74, 6) is -1.19. The van der Waals surface area contributed by atoms with Crippen molar-refractivity contribution in [3.63, 3.8) is 0 Å². The molecule has 3 rings (SSSR count). The van der Waals surface area contributed by atoms with Gasteiger partial charge in [-0.1, -0.05) is 23.7 Å². The Balaban J connectivity index is 2.01. The van der Waals surface area contributed by atoms with E-state index >= 15 is 0 Å². The molecule has 0 bridgehead atoms. The number of hydrogen-bond donors (Lipinski definition) is 0. The van der Waals surface area contributed by atoms with E-state index in [0.717, 1.165) is 29.3 Å². The van der Waals surface area contributed by atoms with Crippen LogP contribution in [0.15, 0.2) is 53.6 Å². The van der Waals surface area contributed by atoms with Gasteiger partial charge in [0.1, 0.15) is 11.2 Å². The number of carbonyl (C=O) groups is 3. The lowest BCUT2D eigenvalue weighted by Gasteiger charge is -2.26. The predicted molar refractivity (Wildman–Crippen MR) is 127 cm³/mol. The van der Waals surface area contributed by atoms with Gasteiger partial charge in [0.15, 0.2) is 0 Å². The van der Waals surface area contributed by atoms with E-state index in [1.165, 1.54) is 6.92 Å². The van der Waals surface area contributed by atoms with Crippen molar-refractivity contribution < 1.29 is 41.8 Å². The normalized spacial score (nSPS) is 17.2. The molecular weight excluding hydrogens is 519 g/mol. The number of ether oxygens (including phenoxy) is 3. The Hall–Kier alpha value is -3.80. The molecule has 2 aromatic rings. The summed E-state index contributed by atoms with van der Waals surface area (Å²) in [5.41, 5.74) is -0.809. The maximum atomic E-state index is 13.5. The molecule has 3 amide bonds. The van der Waals surface area contributed by atoms with Crippen molar-refractivity contribution in [1.82, 2.24) is 5.01 Å². The number of benzene rings is 2. The standard InChI is InChI=1S/C24H23ClF3N3O6/c1-4-35-20(32)23(3)14-30(29-19(23)15-6-8-16(25)9-7-15)21(33)31(22(34)36-5-2)17-10-12-18(13-11-17)37-24(26,27)28/h6-13H,4-5,14H2,1-3H3. The molecule has 0 spiro atoms. The molecule has 1 unspecified atom stereocenters. The first-order chi connectivity index (χ1) is 17.4. The van der Waals surface area contributed by atoms with Crippen LogP contribution in [0.3, 0.4) is 0 Å². The predicted octanol–water partition coefficient (Wildman–Crippen LogP) is 5.61. The molecule has 37 heavy (non-hydrogen) atoms. The Bertz CT molecular complexity index is 1190. The number of rotatable bonds is 6. The lowest BCUT2D eigenvalue weighted by atomic mass is 9.82. The van der Waals surface area contributed by atoms with Gasteiger partial charge in [0.25, 0.3) is 0 Å². The Morgan fingerprint density at radius 3 is 2.16 bits per heavy atom. The van der Waals surface area contributed by atoms with E-state index in [1.54, 1.807) is 38.1 Å². The number of urea groups is 1. The second-order valence-electron chi connectivity index (χ2n) is 7.92. The average Bonchev–Trinajstić information content (AvgIpc) is 3.19. The van der Waals surface area contributed by atoms with Gasteiger partial charge in [0.05, 0.1) is 31.2 Å². The number of anilines is 1. The van der Waals surface area contributed by atoms with Crippen LogP contribution < -0.4 is 9.64 Å². The van der Waals surface area contributed by atoms with Crippen molar-refractivity contribution >= 4 is 41.1 Å². The van der Waals surface area contributed by atoms with Crippen LogP contribution >= 0.6 is 11.6 Å². The van der Waals surface area contributed by atoms with Gasteiger partial charge in [-0.05, 0) is 62.7 Å². The quantitative estimate of drug-likeness (QED) is 0.441. The molecule has 1 aliphatic rings. The van der Waals surface area contributed by atoms with Gasteiger partial charge in [0, 0.05) is 5.02 Å². The van der Waals surface area contributed by atoms with E-state index in [1.807, 2.05) is 0 Å². The molecule has 0 aliphatic carbocycles. The SMILES string of the molecule is CCOC(=O)N(C(=O)N1CC(C)(C(=O)OCC)C(c2ccc(Cl)cc2)=N1)c1ccc(OC(F)(F)F)cc1. The Morgan fingerprint density at radius 1 is 1.03 bits per heavy atom. The van der Waals surface area contributed by atoms with Crippen LogP contribution in [0.1, 0.15) is 26.3 Å². The summed E-state index contributed by atoms with van der Waals surface area (Å²) in [6.45, 7) is 4.41. The third-order valence-electron chi connectivity index (χ3n) is 5.24. The van der Waals surface area contributed by atoms with E-state index in [-0.39, 0.29) is 31.2 Å². The fourth-order valence-electron chi connectivity index (χ4n) is 3.58. The highest BCUT2D eigenvalue weighted by Gasteiger charge is 2.50. The van der Waals surface area contributed by atoms with Crippen molar-refractivity contribution in [2.45, 2.75) is 27.1 Å². The number of hydrogen-bond acceptors (Lipinski definition) is 7. The first kappa shape index (κ1) is 27.8. The van der Waals surface area contributed by atoms with Crippen LogP contribution in [0.5, 0.6) is 5.75 Å². The fourth-order valence-corrected chi connectivity index (χ4v) is 3.71. The topological polar surface area (TPSA) is 97.7 Å². The number of halogens is 4. The van der Waals surface area contributed by atoms with Gasteiger partial charge >= 0.3 is 24.5 Å². The summed E-state index contributed by atoms with van der Waals surface area (Å²) in [5, 5.41) is 5.68. The van der Waals surface area contributed by atoms with Crippen molar-refractivity contribution in [3.05, 3.63) is 59.1 Å². The lowest BCUT2D eigenvalue weighted by molar-refractivity contribution is -0.274. The molecule has 0 saturated carbocycles. The number of amides is 3. The zero-order valence-corrected chi connectivity index (χ0v) is 20.8. The molecule has 13 heteroatoms. The lowest BCUT2D eigenvalue weighted by Crippen LogP contribution is -2.47. The first-order valence-corrected chi connectivity index (χ1v) is 11.4. The summed E-state index contributed by atoms with van der Waals surface area (Å²) in [6.07, 6.45) is -6.01. The molecular formula is C24H23ClF3N3O6. The van der Waals surface area contributed by atoms with Gasteiger partial charge in [-0.15, -0.1) is 13.2 Å². The first-order valence-electron chi connectivity index (χ1n) is 11.1. The van der Waals surface area contributed by atoms with Crippen LogP contribution in [0.2, 0.25) is 5.02 Å². The Kier molecular flexibility index (Phi) is 8.32. The molecule has 0 N–H and O–H groups in total. The minimum absolute atomic E-state index is 0.0809. The number of imide groups is 1. The van der Waals surface area contributed by atoms with E-state index in [4.69, 9.17) is 21.1 Å². The van der Waals surface area contributed by atoms with Gasteiger partial charge in [-0.2, -0.15) is 10.0 Å². The minimum Gasteiger partial charge on any atom is -0.465 e. The maximum absolute atomic E-state index is 13.5. The number of nitrogens with zero attached hydrogens (tertiary/aromatic N) is 3. The van der Waals surface area contributed by atoms with Crippen molar-refractivity contribution in [3.8, 4) is 5.75 Å². The number of esters is 1. The summed E-state index contributed by atoms with van der Waals surface area (Å²) in [4.78, 5) is 39.8. The molecule has 2 aromatic carbocycles. The average molecular weight is 542 g/mol. The Labute approximate surface area is 215 Å². The highest BCUT2D eigenvalue weighted by Crippen LogP contribution is 2.35. The van der Waals surface area contributed by atoms with Crippen molar-refractivity contribution in [1.29, 1.82) is 0 Å². The van der Waals surface area contributed by atoms with Gasteiger partial charge in [-0.25, -0.2) is 14.6 Å². The largest absolute Gasteiger partial charge is 0.573 e. The molecule has 0 radical (unpaired) electrons. The molecule has 9 nitrogen and oxygen atoms in total. The number of carbonyl (C=O) groups excluding carboxylic acids is 3. The molecule has 1 heterocycles. The molecule has 198 valence electrons.